The maximum atomic E-state index is 12.9. The predicted octanol–water partition coefficient (Wildman–Crippen LogP) is 1.52. The number of fused-ring (bicyclic) bond motifs is 3. The molecule has 0 bridgehead atoms. The molecule has 0 saturated carbocycles. The molecule has 1 saturated heterocycles. The van der Waals surface area contributed by atoms with Crippen molar-refractivity contribution in [3.8, 4) is 6.19 Å². The van der Waals surface area contributed by atoms with E-state index in [2.05, 4.69) is 16.1 Å². The van der Waals surface area contributed by atoms with Crippen LogP contribution in [0.2, 0.25) is 0 Å². The first-order valence-electron chi connectivity index (χ1n) is 7.04. The highest BCUT2D eigenvalue weighted by atomic mass is 19.4. The lowest BCUT2D eigenvalue weighted by molar-refractivity contribution is -0.137. The number of nitriles is 1. The van der Waals surface area contributed by atoms with E-state index in [1.807, 2.05) is 11.9 Å². The number of anilines is 1. The van der Waals surface area contributed by atoms with Crippen LogP contribution in [0, 0.1) is 11.5 Å². The number of pyridine rings is 1. The van der Waals surface area contributed by atoms with Crippen molar-refractivity contribution in [2.75, 3.05) is 38.1 Å². The molecule has 0 amide bonds. The Kier molecular flexibility index (Phi) is 3.60. The van der Waals surface area contributed by atoms with Crippen molar-refractivity contribution in [2.45, 2.75) is 18.8 Å². The lowest BCUT2D eigenvalue weighted by Gasteiger charge is -2.40. The van der Waals surface area contributed by atoms with E-state index in [0.29, 0.717) is 24.5 Å². The van der Waals surface area contributed by atoms with E-state index in [4.69, 9.17) is 0 Å². The van der Waals surface area contributed by atoms with Gasteiger partial charge in [-0.05, 0) is 13.1 Å². The Hall–Kier alpha value is -2.01. The van der Waals surface area contributed by atoms with Crippen molar-refractivity contribution >= 4 is 5.82 Å². The van der Waals surface area contributed by atoms with Gasteiger partial charge in [-0.25, -0.2) is 4.98 Å². The SMILES string of the molecule is CN1CCN2c3ncc(C(F)(F)F)cc3CN(C#N)C[C@H]2C1. The van der Waals surface area contributed by atoms with Crippen LogP contribution in [0.5, 0.6) is 0 Å². The number of piperazine rings is 1. The molecule has 2 aliphatic heterocycles. The molecular formula is C14H16F3N5. The van der Waals surface area contributed by atoms with Crippen LogP contribution in [0.15, 0.2) is 12.3 Å². The molecule has 0 aliphatic carbocycles. The van der Waals surface area contributed by atoms with Crippen molar-refractivity contribution in [2.24, 2.45) is 0 Å². The van der Waals surface area contributed by atoms with E-state index in [1.165, 1.54) is 4.90 Å². The van der Waals surface area contributed by atoms with Gasteiger partial charge in [0.05, 0.1) is 24.7 Å². The lowest BCUT2D eigenvalue weighted by atomic mass is 10.1. The summed E-state index contributed by atoms with van der Waals surface area (Å²) < 4.78 is 38.7. The molecule has 0 spiro atoms. The van der Waals surface area contributed by atoms with Gasteiger partial charge in [0, 0.05) is 31.4 Å². The first-order valence-corrected chi connectivity index (χ1v) is 7.04. The van der Waals surface area contributed by atoms with Crippen LogP contribution in [0.1, 0.15) is 11.1 Å². The van der Waals surface area contributed by atoms with Crippen molar-refractivity contribution in [1.29, 1.82) is 5.26 Å². The van der Waals surface area contributed by atoms with E-state index < -0.39 is 11.7 Å². The molecule has 3 rings (SSSR count). The fraction of sp³-hybridized carbons (Fsp3) is 0.571. The number of alkyl halides is 3. The Bertz CT molecular complexity index is 609. The van der Waals surface area contributed by atoms with E-state index in [-0.39, 0.29) is 12.6 Å². The largest absolute Gasteiger partial charge is 0.417 e. The van der Waals surface area contributed by atoms with Gasteiger partial charge in [0.1, 0.15) is 5.82 Å². The Morgan fingerprint density at radius 3 is 2.77 bits per heavy atom. The molecule has 1 atom stereocenters. The summed E-state index contributed by atoms with van der Waals surface area (Å²) in [6.07, 6.45) is -1.47. The van der Waals surface area contributed by atoms with Gasteiger partial charge >= 0.3 is 6.18 Å². The van der Waals surface area contributed by atoms with E-state index in [0.717, 1.165) is 25.4 Å². The molecule has 0 radical (unpaired) electrons. The monoisotopic (exact) mass is 311 g/mol. The molecule has 2 aliphatic rings. The van der Waals surface area contributed by atoms with Crippen LogP contribution >= 0.6 is 0 Å². The summed E-state index contributed by atoms with van der Waals surface area (Å²) in [6.45, 7) is 2.95. The molecule has 0 aromatic carbocycles. The second kappa shape index (κ2) is 5.32. The standard InChI is InChI=1S/C14H16F3N5/c1-20-2-3-22-12(7-20)8-21(9-18)6-10-4-11(14(15,16)17)5-19-13(10)22/h4-5,12H,2-3,6-8H2,1H3/t12-/m1/s1. The van der Waals surface area contributed by atoms with E-state index in [1.54, 1.807) is 0 Å². The van der Waals surface area contributed by atoms with Crippen LogP contribution in [0.3, 0.4) is 0 Å². The van der Waals surface area contributed by atoms with E-state index >= 15 is 0 Å². The van der Waals surface area contributed by atoms with Crippen LogP contribution in [-0.4, -0.2) is 54.1 Å². The Labute approximate surface area is 126 Å². The van der Waals surface area contributed by atoms with Gasteiger partial charge in [-0.15, -0.1) is 0 Å². The summed E-state index contributed by atoms with van der Waals surface area (Å²) in [5.74, 6) is 0.573. The number of aromatic nitrogens is 1. The molecule has 1 aromatic rings. The summed E-state index contributed by atoms with van der Waals surface area (Å²) in [5, 5.41) is 9.23. The van der Waals surface area contributed by atoms with Gasteiger partial charge in [0.2, 0.25) is 0 Å². The molecule has 1 fully saturated rings. The number of hydrogen-bond acceptors (Lipinski definition) is 5. The molecule has 3 heterocycles. The van der Waals surface area contributed by atoms with Gasteiger partial charge in [-0.3, -0.25) is 0 Å². The molecule has 22 heavy (non-hydrogen) atoms. The summed E-state index contributed by atoms with van der Waals surface area (Å²) in [5.41, 5.74) is -0.305. The molecule has 0 N–H and O–H groups in total. The number of likely N-dealkylation sites (N-methyl/N-ethyl adjacent to an activating group) is 1. The average Bonchev–Trinajstić information content (AvgIpc) is 2.61. The quantitative estimate of drug-likeness (QED) is 0.680. The molecular weight excluding hydrogens is 295 g/mol. The zero-order valence-electron chi connectivity index (χ0n) is 12.1. The van der Waals surface area contributed by atoms with Gasteiger partial charge in [-0.1, -0.05) is 0 Å². The second-order valence-electron chi connectivity index (χ2n) is 5.79. The van der Waals surface area contributed by atoms with Crippen molar-refractivity contribution in [3.05, 3.63) is 23.4 Å². The third-order valence-electron chi connectivity index (χ3n) is 4.16. The molecule has 8 heteroatoms. The zero-order chi connectivity index (χ0) is 15.9. The highest BCUT2D eigenvalue weighted by Crippen LogP contribution is 2.34. The molecule has 0 unspecified atom stereocenters. The average molecular weight is 311 g/mol. The highest BCUT2D eigenvalue weighted by molar-refractivity contribution is 5.51. The fourth-order valence-electron chi connectivity index (χ4n) is 3.08. The normalized spacial score (nSPS) is 22.6. The summed E-state index contributed by atoms with van der Waals surface area (Å²) in [4.78, 5) is 9.77. The Morgan fingerprint density at radius 2 is 2.09 bits per heavy atom. The van der Waals surface area contributed by atoms with Crippen LogP contribution < -0.4 is 4.90 Å². The Balaban J connectivity index is 2.02. The van der Waals surface area contributed by atoms with Gasteiger partial charge in [0.25, 0.3) is 0 Å². The highest BCUT2D eigenvalue weighted by Gasteiger charge is 2.36. The van der Waals surface area contributed by atoms with E-state index in [9.17, 15) is 18.4 Å². The lowest BCUT2D eigenvalue weighted by Crippen LogP contribution is -2.55. The summed E-state index contributed by atoms with van der Waals surface area (Å²) in [7, 11) is 2.00. The number of halogens is 3. The fourth-order valence-corrected chi connectivity index (χ4v) is 3.08. The number of hydrogen-bond donors (Lipinski definition) is 0. The van der Waals surface area contributed by atoms with Crippen LogP contribution in [0.4, 0.5) is 19.0 Å². The van der Waals surface area contributed by atoms with Gasteiger partial charge in [0.15, 0.2) is 6.19 Å². The third-order valence-corrected chi connectivity index (χ3v) is 4.16. The van der Waals surface area contributed by atoms with Crippen LogP contribution in [0.25, 0.3) is 0 Å². The van der Waals surface area contributed by atoms with Crippen LogP contribution in [-0.2, 0) is 12.7 Å². The first-order chi connectivity index (χ1) is 10.4. The second-order valence-corrected chi connectivity index (χ2v) is 5.79. The molecule has 5 nitrogen and oxygen atoms in total. The third kappa shape index (κ3) is 2.68. The number of rotatable bonds is 0. The maximum Gasteiger partial charge on any atom is 0.417 e. The summed E-state index contributed by atoms with van der Waals surface area (Å²) in [6, 6.07) is 1.18. The smallest absolute Gasteiger partial charge is 0.349 e. The minimum atomic E-state index is -4.42. The van der Waals surface area contributed by atoms with Gasteiger partial charge < -0.3 is 14.7 Å². The number of nitrogens with zero attached hydrogens (tertiary/aromatic N) is 5. The minimum Gasteiger partial charge on any atom is -0.349 e. The van der Waals surface area contributed by atoms with Crippen molar-refractivity contribution in [3.63, 3.8) is 0 Å². The topological polar surface area (TPSA) is 46.4 Å². The maximum absolute atomic E-state index is 12.9. The predicted molar refractivity (Wildman–Crippen MR) is 73.9 cm³/mol. The van der Waals surface area contributed by atoms with Crippen molar-refractivity contribution in [1.82, 2.24) is 14.8 Å². The Morgan fingerprint density at radius 1 is 1.32 bits per heavy atom. The molecule has 118 valence electrons. The van der Waals surface area contributed by atoms with Crippen molar-refractivity contribution < 1.29 is 13.2 Å². The molecule has 1 aromatic heterocycles. The first kappa shape index (κ1) is 14.9. The zero-order valence-corrected chi connectivity index (χ0v) is 12.1. The minimum absolute atomic E-state index is 0.0592. The van der Waals surface area contributed by atoms with Gasteiger partial charge in [-0.2, -0.15) is 18.4 Å². The summed E-state index contributed by atoms with van der Waals surface area (Å²) >= 11 is 0.